The molecule has 2 aliphatic rings. The summed E-state index contributed by atoms with van der Waals surface area (Å²) in [6.07, 6.45) is 0.397. The normalized spacial score (nSPS) is 23.5. The highest BCUT2D eigenvalue weighted by Gasteiger charge is 2.36. The van der Waals surface area contributed by atoms with Crippen molar-refractivity contribution < 1.29 is 22.6 Å². The van der Waals surface area contributed by atoms with E-state index in [0.29, 0.717) is 31.8 Å². The molecular formula is C19H23F3N4O2. The molecule has 0 aromatic carbocycles. The Kier molecular flexibility index (Phi) is 5.18. The number of rotatable bonds is 5. The van der Waals surface area contributed by atoms with Crippen LogP contribution in [0.15, 0.2) is 30.6 Å². The van der Waals surface area contributed by atoms with Gasteiger partial charge in [0, 0.05) is 37.0 Å². The van der Waals surface area contributed by atoms with Crippen LogP contribution in [0.3, 0.4) is 0 Å². The van der Waals surface area contributed by atoms with Crippen molar-refractivity contribution in [2.45, 2.75) is 38.0 Å². The van der Waals surface area contributed by atoms with Gasteiger partial charge in [-0.2, -0.15) is 18.3 Å². The number of anilines is 1. The van der Waals surface area contributed by atoms with Gasteiger partial charge in [0.25, 0.3) is 0 Å². The smallest absolute Gasteiger partial charge is 0.437 e. The van der Waals surface area contributed by atoms with Gasteiger partial charge in [-0.25, -0.2) is 4.98 Å². The van der Waals surface area contributed by atoms with E-state index in [1.807, 2.05) is 16.9 Å². The molecular weight excluding hydrogens is 373 g/mol. The van der Waals surface area contributed by atoms with Crippen molar-refractivity contribution >= 4 is 5.82 Å². The van der Waals surface area contributed by atoms with Gasteiger partial charge in [0.15, 0.2) is 11.5 Å². The Hall–Kier alpha value is -2.29. The number of aromatic nitrogens is 3. The van der Waals surface area contributed by atoms with Crippen LogP contribution in [0.1, 0.15) is 31.5 Å². The van der Waals surface area contributed by atoms with Crippen molar-refractivity contribution in [1.29, 1.82) is 0 Å². The van der Waals surface area contributed by atoms with Gasteiger partial charge in [-0.05, 0) is 31.9 Å². The van der Waals surface area contributed by atoms with E-state index in [4.69, 9.17) is 9.47 Å². The lowest BCUT2D eigenvalue weighted by atomic mass is 9.94. The van der Waals surface area contributed by atoms with Crippen LogP contribution < -0.4 is 9.64 Å². The van der Waals surface area contributed by atoms with Crippen molar-refractivity contribution in [2.75, 3.05) is 31.3 Å². The Balaban J connectivity index is 1.41. The van der Waals surface area contributed by atoms with Gasteiger partial charge in [-0.1, -0.05) is 0 Å². The lowest BCUT2D eigenvalue weighted by Gasteiger charge is -2.38. The number of nitrogens with zero attached hydrogens (tertiary/aromatic N) is 4. The zero-order chi connectivity index (χ0) is 19.7. The van der Waals surface area contributed by atoms with Crippen LogP contribution in [-0.4, -0.2) is 47.2 Å². The van der Waals surface area contributed by atoms with E-state index in [9.17, 15) is 13.2 Å². The minimum Gasteiger partial charge on any atom is -0.491 e. The predicted octanol–water partition coefficient (Wildman–Crippen LogP) is 3.55. The molecule has 4 rings (SSSR count). The van der Waals surface area contributed by atoms with Crippen molar-refractivity contribution in [3.8, 4) is 5.75 Å². The van der Waals surface area contributed by atoms with E-state index in [-0.39, 0.29) is 18.3 Å². The fraction of sp³-hybridized carbons (Fsp3) is 0.579. The zero-order valence-corrected chi connectivity index (χ0v) is 15.6. The molecule has 2 saturated heterocycles. The summed E-state index contributed by atoms with van der Waals surface area (Å²) in [7, 11) is 0. The fourth-order valence-electron chi connectivity index (χ4n) is 3.63. The minimum absolute atomic E-state index is 0.120. The second kappa shape index (κ2) is 7.62. The van der Waals surface area contributed by atoms with Crippen LogP contribution in [0, 0.1) is 5.92 Å². The molecule has 0 spiro atoms. The largest absolute Gasteiger partial charge is 0.491 e. The molecule has 0 aliphatic carbocycles. The van der Waals surface area contributed by atoms with E-state index < -0.39 is 11.9 Å². The van der Waals surface area contributed by atoms with Crippen LogP contribution in [0.4, 0.5) is 19.0 Å². The Morgan fingerprint density at radius 1 is 1.25 bits per heavy atom. The Labute approximate surface area is 161 Å². The molecule has 28 heavy (non-hydrogen) atoms. The third kappa shape index (κ3) is 3.94. The molecule has 2 unspecified atom stereocenters. The minimum atomic E-state index is -4.53. The Morgan fingerprint density at radius 3 is 2.79 bits per heavy atom. The van der Waals surface area contributed by atoms with Crippen molar-refractivity contribution in [2.24, 2.45) is 5.92 Å². The molecule has 2 atom stereocenters. The molecule has 0 radical (unpaired) electrons. The quantitative estimate of drug-likeness (QED) is 0.774. The molecule has 2 fully saturated rings. The third-order valence-electron chi connectivity index (χ3n) is 5.38. The lowest BCUT2D eigenvalue weighted by Crippen LogP contribution is -2.44. The van der Waals surface area contributed by atoms with E-state index in [1.54, 1.807) is 0 Å². The summed E-state index contributed by atoms with van der Waals surface area (Å²) >= 11 is 0. The van der Waals surface area contributed by atoms with Gasteiger partial charge in [0.1, 0.15) is 5.75 Å². The van der Waals surface area contributed by atoms with Gasteiger partial charge < -0.3 is 14.4 Å². The molecule has 0 amide bonds. The van der Waals surface area contributed by atoms with E-state index in [1.165, 1.54) is 12.1 Å². The van der Waals surface area contributed by atoms with Crippen LogP contribution >= 0.6 is 0 Å². The summed E-state index contributed by atoms with van der Waals surface area (Å²) in [5, 5.41) is 4.67. The van der Waals surface area contributed by atoms with Crippen LogP contribution in [-0.2, 0) is 10.9 Å². The molecule has 6 nitrogen and oxygen atoms in total. The van der Waals surface area contributed by atoms with Crippen LogP contribution in [0.25, 0.3) is 0 Å². The third-order valence-corrected chi connectivity index (χ3v) is 5.38. The number of ether oxygens (including phenoxy) is 2. The van der Waals surface area contributed by atoms with E-state index >= 15 is 0 Å². The van der Waals surface area contributed by atoms with Crippen molar-refractivity contribution in [1.82, 2.24) is 14.8 Å². The molecule has 9 heteroatoms. The summed E-state index contributed by atoms with van der Waals surface area (Å²) < 4.78 is 51.9. The highest BCUT2D eigenvalue weighted by atomic mass is 19.4. The first-order chi connectivity index (χ1) is 13.4. The first kappa shape index (κ1) is 19.0. The molecule has 0 bridgehead atoms. The number of halogens is 3. The molecule has 0 N–H and O–H groups in total. The van der Waals surface area contributed by atoms with Gasteiger partial charge in [-0.15, -0.1) is 0 Å². The molecule has 2 aromatic rings. The standard InChI is InChI=1S/C19H23F3N4O2/c1-13-4-5-14(10-28-16-3-2-7-23-18(16)19(20,21)22)9-25(13)17-6-8-26(24-17)15-11-27-12-15/h2-3,6-8,13-15H,4-5,9-12H2,1H3. The fourth-order valence-corrected chi connectivity index (χ4v) is 3.63. The second-order valence-corrected chi connectivity index (χ2v) is 7.45. The second-order valence-electron chi connectivity index (χ2n) is 7.45. The summed E-state index contributed by atoms with van der Waals surface area (Å²) in [6, 6.07) is 5.37. The van der Waals surface area contributed by atoms with Crippen molar-refractivity contribution in [3.63, 3.8) is 0 Å². The SMILES string of the molecule is CC1CCC(COc2cccnc2C(F)(F)F)CN1c1ccn(C2COC2)n1. The van der Waals surface area contributed by atoms with Crippen LogP contribution in [0.5, 0.6) is 5.75 Å². The molecule has 2 aromatic heterocycles. The number of hydrogen-bond acceptors (Lipinski definition) is 5. The lowest BCUT2D eigenvalue weighted by molar-refractivity contribution is -0.142. The average Bonchev–Trinajstić information content (AvgIpc) is 3.08. The van der Waals surface area contributed by atoms with Gasteiger partial charge in [0.05, 0.1) is 25.9 Å². The van der Waals surface area contributed by atoms with Gasteiger partial charge >= 0.3 is 6.18 Å². The maximum Gasteiger partial charge on any atom is 0.437 e. The molecule has 4 heterocycles. The highest BCUT2D eigenvalue weighted by molar-refractivity contribution is 5.39. The predicted molar refractivity (Wildman–Crippen MR) is 96.3 cm³/mol. The maximum absolute atomic E-state index is 13.1. The first-order valence-corrected chi connectivity index (χ1v) is 9.46. The topological polar surface area (TPSA) is 52.4 Å². The zero-order valence-electron chi connectivity index (χ0n) is 15.6. The number of hydrogen-bond donors (Lipinski definition) is 0. The van der Waals surface area contributed by atoms with Gasteiger partial charge in [-0.3, -0.25) is 4.68 Å². The average molecular weight is 396 g/mol. The Bertz CT molecular complexity index is 806. The number of pyridine rings is 1. The molecule has 152 valence electrons. The summed E-state index contributed by atoms with van der Waals surface area (Å²) in [5.41, 5.74) is -0.975. The summed E-state index contributed by atoms with van der Waals surface area (Å²) in [4.78, 5) is 5.65. The summed E-state index contributed by atoms with van der Waals surface area (Å²) in [6.45, 7) is 4.42. The first-order valence-electron chi connectivity index (χ1n) is 9.46. The van der Waals surface area contributed by atoms with E-state index in [2.05, 4.69) is 21.9 Å². The highest BCUT2D eigenvalue weighted by Crippen LogP contribution is 2.35. The van der Waals surface area contributed by atoms with Crippen molar-refractivity contribution in [3.05, 3.63) is 36.3 Å². The number of piperidine rings is 1. The van der Waals surface area contributed by atoms with E-state index in [0.717, 1.165) is 24.9 Å². The van der Waals surface area contributed by atoms with Crippen LogP contribution in [0.2, 0.25) is 0 Å². The monoisotopic (exact) mass is 396 g/mol. The maximum atomic E-state index is 13.1. The molecule has 0 saturated carbocycles. The summed E-state index contributed by atoms with van der Waals surface area (Å²) in [5.74, 6) is 0.797. The van der Waals surface area contributed by atoms with Gasteiger partial charge in [0.2, 0.25) is 0 Å². The number of alkyl halides is 3. The Morgan fingerprint density at radius 2 is 2.07 bits per heavy atom. The molecule has 2 aliphatic heterocycles.